The molecular formula is C14H12FN3O. The number of benzene rings is 2. The van der Waals surface area contributed by atoms with Gasteiger partial charge in [0.05, 0.1) is 11.7 Å². The number of nitrogens with zero attached hydrogens (tertiary/aromatic N) is 1. The summed E-state index contributed by atoms with van der Waals surface area (Å²) in [6.45, 7) is 0.341. The van der Waals surface area contributed by atoms with E-state index < -0.39 is 0 Å². The summed E-state index contributed by atoms with van der Waals surface area (Å²) in [6.07, 6.45) is 1.73. The lowest BCUT2D eigenvalue weighted by Crippen LogP contribution is -2.00. The van der Waals surface area contributed by atoms with Crippen LogP contribution in [-0.2, 0) is 6.54 Å². The summed E-state index contributed by atoms with van der Waals surface area (Å²) >= 11 is 0. The Morgan fingerprint density at radius 3 is 3.05 bits per heavy atom. The molecule has 0 spiro atoms. The molecule has 4 nitrogen and oxygen atoms in total. The van der Waals surface area contributed by atoms with Crippen LogP contribution < -0.4 is 5.32 Å². The van der Waals surface area contributed by atoms with Crippen LogP contribution in [-0.4, -0.2) is 15.3 Å². The van der Waals surface area contributed by atoms with Crippen LogP contribution in [0.15, 0.2) is 42.6 Å². The predicted octanol–water partition coefficient (Wildman–Crippen LogP) is 3.02. The number of nitrogens with one attached hydrogen (secondary N) is 2. The van der Waals surface area contributed by atoms with E-state index in [0.717, 1.165) is 16.6 Å². The molecule has 0 unspecified atom stereocenters. The third-order valence-electron chi connectivity index (χ3n) is 3.00. The molecule has 0 radical (unpaired) electrons. The first-order chi connectivity index (χ1) is 9.24. The molecule has 0 aliphatic heterocycles. The van der Waals surface area contributed by atoms with Crippen molar-refractivity contribution in [3.8, 4) is 5.75 Å². The maximum Gasteiger partial charge on any atom is 0.123 e. The largest absolute Gasteiger partial charge is 0.508 e. The molecule has 0 bridgehead atoms. The Labute approximate surface area is 108 Å². The van der Waals surface area contributed by atoms with Crippen molar-refractivity contribution in [2.24, 2.45) is 0 Å². The lowest BCUT2D eigenvalue weighted by atomic mass is 10.1. The van der Waals surface area contributed by atoms with Gasteiger partial charge in [-0.25, -0.2) is 4.39 Å². The number of fused-ring (bicyclic) bond motifs is 1. The Morgan fingerprint density at radius 2 is 2.16 bits per heavy atom. The molecule has 2 aromatic carbocycles. The van der Waals surface area contributed by atoms with E-state index in [4.69, 9.17) is 0 Å². The first-order valence-corrected chi connectivity index (χ1v) is 5.87. The highest BCUT2D eigenvalue weighted by molar-refractivity contribution is 5.90. The maximum atomic E-state index is 13.1. The first kappa shape index (κ1) is 11.5. The molecule has 0 fully saturated rings. The molecule has 3 rings (SSSR count). The third kappa shape index (κ3) is 2.22. The van der Waals surface area contributed by atoms with Crippen molar-refractivity contribution in [3.05, 3.63) is 54.0 Å². The van der Waals surface area contributed by atoms with Crippen molar-refractivity contribution >= 4 is 16.6 Å². The van der Waals surface area contributed by atoms with Crippen molar-refractivity contribution in [3.63, 3.8) is 0 Å². The van der Waals surface area contributed by atoms with E-state index in [1.54, 1.807) is 6.20 Å². The summed E-state index contributed by atoms with van der Waals surface area (Å²) in [7, 11) is 0. The fraction of sp³-hybridized carbons (Fsp3) is 0.0714. The molecule has 0 saturated heterocycles. The van der Waals surface area contributed by atoms with E-state index >= 15 is 0 Å². The van der Waals surface area contributed by atoms with Crippen molar-refractivity contribution in [2.75, 3.05) is 5.32 Å². The molecule has 1 aromatic heterocycles. The SMILES string of the molecule is Oc1ccc(F)cc1CNc1cccc2[nH]ncc12. The molecule has 96 valence electrons. The normalized spacial score (nSPS) is 10.8. The summed E-state index contributed by atoms with van der Waals surface area (Å²) in [4.78, 5) is 0. The molecule has 3 aromatic rings. The van der Waals surface area contributed by atoms with Gasteiger partial charge >= 0.3 is 0 Å². The highest BCUT2D eigenvalue weighted by Gasteiger charge is 2.05. The molecule has 3 N–H and O–H groups in total. The minimum Gasteiger partial charge on any atom is -0.508 e. The summed E-state index contributed by atoms with van der Waals surface area (Å²) in [5.41, 5.74) is 2.32. The van der Waals surface area contributed by atoms with E-state index in [1.807, 2.05) is 18.2 Å². The lowest BCUT2D eigenvalue weighted by molar-refractivity contribution is 0.466. The number of hydrogen-bond acceptors (Lipinski definition) is 3. The number of halogens is 1. The van der Waals surface area contributed by atoms with Gasteiger partial charge in [-0.05, 0) is 30.3 Å². The maximum absolute atomic E-state index is 13.1. The number of H-pyrrole nitrogens is 1. The van der Waals surface area contributed by atoms with E-state index in [-0.39, 0.29) is 11.6 Å². The topological polar surface area (TPSA) is 60.9 Å². The summed E-state index contributed by atoms with van der Waals surface area (Å²) in [5.74, 6) is -0.288. The van der Waals surface area contributed by atoms with Gasteiger partial charge in [-0.15, -0.1) is 0 Å². The van der Waals surface area contributed by atoms with Gasteiger partial charge in [-0.2, -0.15) is 5.10 Å². The third-order valence-corrected chi connectivity index (χ3v) is 3.00. The highest BCUT2D eigenvalue weighted by Crippen LogP contribution is 2.24. The van der Waals surface area contributed by atoms with Crippen LogP contribution in [0.2, 0.25) is 0 Å². The fourth-order valence-electron chi connectivity index (χ4n) is 2.01. The van der Waals surface area contributed by atoms with Crippen molar-refractivity contribution in [1.82, 2.24) is 10.2 Å². The standard InChI is InChI=1S/C14H12FN3O/c15-10-4-5-14(19)9(6-10)7-16-12-2-1-3-13-11(12)8-17-18-13/h1-6,8,16,19H,7H2,(H,17,18). The van der Waals surface area contributed by atoms with Crippen LogP contribution in [0.1, 0.15) is 5.56 Å². The smallest absolute Gasteiger partial charge is 0.123 e. The number of anilines is 1. The number of hydrogen-bond donors (Lipinski definition) is 3. The Morgan fingerprint density at radius 1 is 1.26 bits per heavy atom. The van der Waals surface area contributed by atoms with E-state index in [2.05, 4.69) is 15.5 Å². The van der Waals surface area contributed by atoms with Gasteiger partial charge in [0.25, 0.3) is 0 Å². The van der Waals surface area contributed by atoms with Crippen LogP contribution in [0.4, 0.5) is 10.1 Å². The minimum atomic E-state index is -0.365. The average Bonchev–Trinajstić information content (AvgIpc) is 2.88. The summed E-state index contributed by atoms with van der Waals surface area (Å²) in [6, 6.07) is 9.63. The van der Waals surface area contributed by atoms with Crippen LogP contribution in [0.25, 0.3) is 10.9 Å². The number of aromatic amines is 1. The Hall–Kier alpha value is -2.56. The zero-order valence-electron chi connectivity index (χ0n) is 10.0. The number of phenols is 1. The Balaban J connectivity index is 1.86. The predicted molar refractivity (Wildman–Crippen MR) is 71.5 cm³/mol. The molecule has 0 saturated carbocycles. The second-order valence-electron chi connectivity index (χ2n) is 4.26. The van der Waals surface area contributed by atoms with Gasteiger partial charge in [-0.3, -0.25) is 5.10 Å². The Bertz CT molecular complexity index is 724. The number of aromatic nitrogens is 2. The molecular weight excluding hydrogens is 245 g/mol. The van der Waals surface area contributed by atoms with E-state index in [1.165, 1.54) is 18.2 Å². The second-order valence-corrected chi connectivity index (χ2v) is 4.26. The van der Waals surface area contributed by atoms with Gasteiger partial charge in [0.1, 0.15) is 11.6 Å². The number of aromatic hydroxyl groups is 1. The van der Waals surface area contributed by atoms with Gasteiger partial charge < -0.3 is 10.4 Å². The van der Waals surface area contributed by atoms with Crippen LogP contribution >= 0.6 is 0 Å². The Kier molecular flexibility index (Phi) is 2.79. The summed E-state index contributed by atoms with van der Waals surface area (Å²) < 4.78 is 13.1. The van der Waals surface area contributed by atoms with E-state index in [9.17, 15) is 9.50 Å². The molecule has 0 amide bonds. The van der Waals surface area contributed by atoms with Gasteiger partial charge in [0.2, 0.25) is 0 Å². The summed E-state index contributed by atoms with van der Waals surface area (Å²) in [5, 5.41) is 20.6. The van der Waals surface area contributed by atoms with Gasteiger partial charge in [-0.1, -0.05) is 6.07 Å². The van der Waals surface area contributed by atoms with E-state index in [0.29, 0.717) is 12.1 Å². The van der Waals surface area contributed by atoms with Gasteiger partial charge in [0, 0.05) is 23.2 Å². The zero-order valence-corrected chi connectivity index (χ0v) is 10.0. The number of phenolic OH excluding ortho intramolecular Hbond substituents is 1. The lowest BCUT2D eigenvalue weighted by Gasteiger charge is -2.09. The van der Waals surface area contributed by atoms with Crippen molar-refractivity contribution < 1.29 is 9.50 Å². The second kappa shape index (κ2) is 4.61. The van der Waals surface area contributed by atoms with Crippen molar-refractivity contribution in [1.29, 1.82) is 0 Å². The zero-order chi connectivity index (χ0) is 13.2. The van der Waals surface area contributed by atoms with Crippen LogP contribution in [0.5, 0.6) is 5.75 Å². The molecule has 0 atom stereocenters. The molecule has 1 heterocycles. The van der Waals surface area contributed by atoms with Crippen LogP contribution in [0, 0.1) is 5.82 Å². The first-order valence-electron chi connectivity index (χ1n) is 5.87. The molecule has 5 heteroatoms. The minimum absolute atomic E-state index is 0.0771. The van der Waals surface area contributed by atoms with Crippen LogP contribution in [0.3, 0.4) is 0 Å². The van der Waals surface area contributed by atoms with Crippen molar-refractivity contribution in [2.45, 2.75) is 6.54 Å². The monoisotopic (exact) mass is 257 g/mol. The van der Waals surface area contributed by atoms with Gasteiger partial charge in [0.15, 0.2) is 0 Å². The number of rotatable bonds is 3. The molecule has 19 heavy (non-hydrogen) atoms. The molecule has 0 aliphatic carbocycles. The quantitative estimate of drug-likeness (QED) is 0.676. The fourth-order valence-corrected chi connectivity index (χ4v) is 2.01. The average molecular weight is 257 g/mol. The molecule has 0 aliphatic rings. The highest BCUT2D eigenvalue weighted by atomic mass is 19.1.